The lowest BCUT2D eigenvalue weighted by atomic mass is 10.2. The highest BCUT2D eigenvalue weighted by Crippen LogP contribution is 2.17. The molecule has 0 aliphatic carbocycles. The van der Waals surface area contributed by atoms with Gasteiger partial charge in [-0.1, -0.05) is 13.8 Å². The van der Waals surface area contributed by atoms with Gasteiger partial charge >= 0.3 is 5.97 Å². The Hall–Kier alpha value is -2.18. The number of carboxylic acid groups (broad SMARTS) is 1. The van der Waals surface area contributed by atoms with Crippen molar-refractivity contribution in [2.45, 2.75) is 32.7 Å². The molecular weight excluding hydrogens is 248 g/mol. The van der Waals surface area contributed by atoms with Crippen molar-refractivity contribution in [2.24, 2.45) is 0 Å². The van der Waals surface area contributed by atoms with Gasteiger partial charge in [0, 0.05) is 13.0 Å². The van der Waals surface area contributed by atoms with Gasteiger partial charge in [-0.05, 0) is 6.92 Å². The molecule has 3 N–H and O–H groups in total. The highest BCUT2D eigenvalue weighted by atomic mass is 16.4. The molecule has 0 bridgehead atoms. The first kappa shape index (κ1) is 14.9. The molecule has 0 aliphatic heterocycles. The third kappa shape index (κ3) is 3.64. The SMILES string of the molecule is CNC(=O)C(C)Nc1cnc(C(C)C)nc1C(=O)O. The van der Waals surface area contributed by atoms with Crippen LogP contribution in [-0.2, 0) is 4.79 Å². The number of carbonyl (C=O) groups is 2. The van der Waals surface area contributed by atoms with E-state index in [0.717, 1.165) is 0 Å². The van der Waals surface area contributed by atoms with E-state index < -0.39 is 12.0 Å². The van der Waals surface area contributed by atoms with Gasteiger partial charge in [-0.25, -0.2) is 14.8 Å². The molecule has 0 radical (unpaired) electrons. The molecule has 0 saturated heterocycles. The van der Waals surface area contributed by atoms with Gasteiger partial charge in [0.2, 0.25) is 5.91 Å². The number of likely N-dealkylation sites (N-methyl/N-ethyl adjacent to an activating group) is 1. The van der Waals surface area contributed by atoms with Gasteiger partial charge in [-0.15, -0.1) is 0 Å². The third-order valence-corrected chi connectivity index (χ3v) is 2.54. The Morgan fingerprint density at radius 1 is 1.32 bits per heavy atom. The van der Waals surface area contributed by atoms with Crippen molar-refractivity contribution in [1.29, 1.82) is 0 Å². The summed E-state index contributed by atoms with van der Waals surface area (Å²) in [5, 5.41) is 14.4. The molecule has 7 heteroatoms. The molecule has 0 spiro atoms. The zero-order chi connectivity index (χ0) is 14.6. The fraction of sp³-hybridized carbons (Fsp3) is 0.500. The quantitative estimate of drug-likeness (QED) is 0.729. The summed E-state index contributed by atoms with van der Waals surface area (Å²) < 4.78 is 0. The summed E-state index contributed by atoms with van der Waals surface area (Å²) in [5.74, 6) is -0.917. The molecule has 0 saturated carbocycles. The first-order chi connectivity index (χ1) is 8.86. The third-order valence-electron chi connectivity index (χ3n) is 2.54. The molecular formula is C12H18N4O3. The van der Waals surface area contributed by atoms with Crippen molar-refractivity contribution in [2.75, 3.05) is 12.4 Å². The van der Waals surface area contributed by atoms with E-state index in [1.165, 1.54) is 13.2 Å². The van der Waals surface area contributed by atoms with E-state index in [2.05, 4.69) is 20.6 Å². The van der Waals surface area contributed by atoms with Gasteiger partial charge < -0.3 is 15.7 Å². The van der Waals surface area contributed by atoms with E-state index in [9.17, 15) is 9.59 Å². The summed E-state index contributed by atoms with van der Waals surface area (Å²) in [7, 11) is 1.51. The van der Waals surface area contributed by atoms with E-state index in [0.29, 0.717) is 5.82 Å². The molecule has 1 rings (SSSR count). The summed E-state index contributed by atoms with van der Waals surface area (Å²) in [6.45, 7) is 5.38. The van der Waals surface area contributed by atoms with Crippen molar-refractivity contribution in [3.63, 3.8) is 0 Å². The van der Waals surface area contributed by atoms with Gasteiger partial charge in [-0.2, -0.15) is 0 Å². The van der Waals surface area contributed by atoms with Gasteiger partial charge in [0.1, 0.15) is 11.9 Å². The van der Waals surface area contributed by atoms with Gasteiger partial charge in [0.05, 0.1) is 11.9 Å². The summed E-state index contributed by atoms with van der Waals surface area (Å²) in [6, 6.07) is -0.573. The van der Waals surface area contributed by atoms with Crippen LogP contribution >= 0.6 is 0 Å². The molecule has 1 unspecified atom stereocenters. The number of carboxylic acids is 1. The number of nitrogens with one attached hydrogen (secondary N) is 2. The predicted molar refractivity (Wildman–Crippen MR) is 70.2 cm³/mol. The Morgan fingerprint density at radius 3 is 2.42 bits per heavy atom. The molecule has 0 fully saturated rings. The highest BCUT2D eigenvalue weighted by molar-refractivity contribution is 5.93. The maximum absolute atomic E-state index is 11.4. The lowest BCUT2D eigenvalue weighted by molar-refractivity contribution is -0.121. The minimum Gasteiger partial charge on any atom is -0.476 e. The van der Waals surface area contributed by atoms with Crippen LogP contribution in [-0.4, -0.2) is 40.0 Å². The highest BCUT2D eigenvalue weighted by Gasteiger charge is 2.19. The van der Waals surface area contributed by atoms with E-state index in [4.69, 9.17) is 5.11 Å². The smallest absolute Gasteiger partial charge is 0.356 e. The van der Waals surface area contributed by atoms with Gasteiger partial charge in [-0.3, -0.25) is 4.79 Å². The minimum absolute atomic E-state index is 0.0310. The minimum atomic E-state index is -1.16. The number of anilines is 1. The first-order valence-corrected chi connectivity index (χ1v) is 5.95. The van der Waals surface area contributed by atoms with E-state index in [1.807, 2.05) is 13.8 Å². The van der Waals surface area contributed by atoms with Crippen LogP contribution in [0.4, 0.5) is 5.69 Å². The number of carbonyl (C=O) groups excluding carboxylic acids is 1. The topological polar surface area (TPSA) is 104 Å². The molecule has 1 heterocycles. The zero-order valence-corrected chi connectivity index (χ0v) is 11.4. The predicted octanol–water partition coefficient (Wildman–Crippen LogP) is 0.845. The number of hydrogen-bond acceptors (Lipinski definition) is 5. The lowest BCUT2D eigenvalue weighted by Crippen LogP contribution is -2.35. The number of nitrogens with zero attached hydrogens (tertiary/aromatic N) is 2. The number of rotatable bonds is 5. The number of amides is 1. The number of aromatic nitrogens is 2. The van der Waals surface area contributed by atoms with Crippen LogP contribution in [0.3, 0.4) is 0 Å². The Kier molecular flexibility index (Phi) is 4.80. The van der Waals surface area contributed by atoms with Crippen LogP contribution in [0.15, 0.2) is 6.20 Å². The molecule has 1 amide bonds. The molecule has 1 atom stereocenters. The zero-order valence-electron chi connectivity index (χ0n) is 11.4. The first-order valence-electron chi connectivity index (χ1n) is 5.95. The van der Waals surface area contributed by atoms with Crippen LogP contribution in [0, 0.1) is 0 Å². The Labute approximate surface area is 111 Å². The van der Waals surface area contributed by atoms with E-state index in [-0.39, 0.29) is 23.2 Å². The number of aromatic carboxylic acids is 1. The monoisotopic (exact) mass is 266 g/mol. The normalized spacial score (nSPS) is 12.1. The summed E-state index contributed by atoms with van der Waals surface area (Å²) >= 11 is 0. The van der Waals surface area contributed by atoms with Crippen LogP contribution in [0.1, 0.15) is 43.0 Å². The molecule has 1 aromatic rings. The molecule has 104 valence electrons. The van der Waals surface area contributed by atoms with Crippen LogP contribution in [0.25, 0.3) is 0 Å². The molecule has 1 aromatic heterocycles. The fourth-order valence-electron chi connectivity index (χ4n) is 1.46. The largest absolute Gasteiger partial charge is 0.476 e. The van der Waals surface area contributed by atoms with Crippen molar-refractivity contribution < 1.29 is 14.7 Å². The van der Waals surface area contributed by atoms with Crippen molar-refractivity contribution in [1.82, 2.24) is 15.3 Å². The van der Waals surface area contributed by atoms with Crippen molar-refractivity contribution in [3.8, 4) is 0 Å². The van der Waals surface area contributed by atoms with Gasteiger partial charge in [0.25, 0.3) is 0 Å². The summed E-state index contributed by atoms with van der Waals surface area (Å²) in [4.78, 5) is 30.7. The molecule has 0 aromatic carbocycles. The molecule has 0 aliphatic rings. The standard InChI is InChI=1S/C12H18N4O3/c1-6(2)10-14-5-8(9(16-10)12(18)19)15-7(3)11(17)13-4/h5-7,15H,1-4H3,(H,13,17)(H,18,19). The van der Waals surface area contributed by atoms with Crippen LogP contribution < -0.4 is 10.6 Å². The maximum atomic E-state index is 11.4. The maximum Gasteiger partial charge on any atom is 0.356 e. The van der Waals surface area contributed by atoms with Crippen LogP contribution in [0.5, 0.6) is 0 Å². The van der Waals surface area contributed by atoms with Gasteiger partial charge in [0.15, 0.2) is 5.69 Å². The lowest BCUT2D eigenvalue weighted by Gasteiger charge is -2.15. The average molecular weight is 266 g/mol. The average Bonchev–Trinajstić information content (AvgIpc) is 2.37. The molecule has 7 nitrogen and oxygen atoms in total. The Bertz CT molecular complexity index is 488. The number of hydrogen-bond donors (Lipinski definition) is 3. The molecule has 19 heavy (non-hydrogen) atoms. The van der Waals surface area contributed by atoms with E-state index in [1.54, 1.807) is 6.92 Å². The Balaban J connectivity index is 3.07. The fourth-order valence-corrected chi connectivity index (χ4v) is 1.46. The second kappa shape index (κ2) is 6.12. The van der Waals surface area contributed by atoms with Crippen LogP contribution in [0.2, 0.25) is 0 Å². The van der Waals surface area contributed by atoms with Crippen molar-refractivity contribution in [3.05, 3.63) is 17.7 Å². The summed E-state index contributed by atoms with van der Waals surface area (Å²) in [5.41, 5.74) is 0.0995. The Morgan fingerprint density at radius 2 is 1.95 bits per heavy atom. The summed E-state index contributed by atoms with van der Waals surface area (Å²) in [6.07, 6.45) is 1.39. The second-order valence-corrected chi connectivity index (χ2v) is 4.43. The van der Waals surface area contributed by atoms with Crippen molar-refractivity contribution >= 4 is 17.6 Å². The van der Waals surface area contributed by atoms with E-state index >= 15 is 0 Å². The second-order valence-electron chi connectivity index (χ2n) is 4.43.